The molecule has 0 spiro atoms. The molecule has 1 saturated carbocycles. The van der Waals surface area contributed by atoms with Gasteiger partial charge in [-0.05, 0) is 48.8 Å². The van der Waals surface area contributed by atoms with Gasteiger partial charge in [-0.15, -0.1) is 0 Å². The standard InChI is InChI=1S/C13H14F2O2/c1-7-4-9(5-11(14)13(7)15)10(6-12(16)17)8-2-3-8/h4-5,8,10H,2-3,6H2,1H3,(H,16,17). The molecule has 1 aliphatic carbocycles. The molecule has 0 amide bonds. The van der Waals surface area contributed by atoms with Crippen LogP contribution in [0, 0.1) is 24.5 Å². The van der Waals surface area contributed by atoms with Crippen molar-refractivity contribution in [2.45, 2.75) is 32.1 Å². The molecule has 2 nitrogen and oxygen atoms in total. The fourth-order valence-electron chi connectivity index (χ4n) is 2.21. The number of benzene rings is 1. The van der Waals surface area contributed by atoms with Crippen molar-refractivity contribution in [3.05, 3.63) is 34.9 Å². The molecule has 2 rings (SSSR count). The first-order chi connectivity index (χ1) is 7.99. The van der Waals surface area contributed by atoms with E-state index in [2.05, 4.69) is 0 Å². The van der Waals surface area contributed by atoms with Crippen molar-refractivity contribution >= 4 is 5.97 Å². The number of carboxylic acids is 1. The van der Waals surface area contributed by atoms with Gasteiger partial charge in [0.25, 0.3) is 0 Å². The van der Waals surface area contributed by atoms with E-state index in [4.69, 9.17) is 5.11 Å². The maximum absolute atomic E-state index is 13.3. The molecule has 1 atom stereocenters. The first-order valence-corrected chi connectivity index (χ1v) is 5.66. The van der Waals surface area contributed by atoms with E-state index in [-0.39, 0.29) is 17.9 Å². The SMILES string of the molecule is Cc1cc(C(CC(=O)O)C2CC2)cc(F)c1F. The molecule has 1 fully saturated rings. The molecule has 1 aromatic rings. The Hall–Kier alpha value is -1.45. The van der Waals surface area contributed by atoms with E-state index in [1.54, 1.807) is 6.07 Å². The van der Waals surface area contributed by atoms with E-state index >= 15 is 0 Å². The molecule has 0 radical (unpaired) electrons. The first-order valence-electron chi connectivity index (χ1n) is 5.66. The van der Waals surface area contributed by atoms with Crippen LogP contribution in [-0.2, 0) is 4.79 Å². The molecular weight excluding hydrogens is 226 g/mol. The second-order valence-electron chi connectivity index (χ2n) is 4.68. The summed E-state index contributed by atoms with van der Waals surface area (Å²) in [6, 6.07) is 2.69. The number of rotatable bonds is 4. The molecule has 17 heavy (non-hydrogen) atoms. The maximum Gasteiger partial charge on any atom is 0.303 e. The van der Waals surface area contributed by atoms with E-state index in [1.165, 1.54) is 6.92 Å². The molecule has 92 valence electrons. The highest BCUT2D eigenvalue weighted by molar-refractivity contribution is 5.68. The van der Waals surface area contributed by atoms with Crippen LogP contribution >= 0.6 is 0 Å². The van der Waals surface area contributed by atoms with Crippen LogP contribution in [0.5, 0.6) is 0 Å². The smallest absolute Gasteiger partial charge is 0.303 e. The number of aryl methyl sites for hydroxylation is 1. The van der Waals surface area contributed by atoms with Gasteiger partial charge in [0.2, 0.25) is 0 Å². The van der Waals surface area contributed by atoms with Crippen LogP contribution < -0.4 is 0 Å². The van der Waals surface area contributed by atoms with Gasteiger partial charge < -0.3 is 5.11 Å². The number of hydrogen-bond donors (Lipinski definition) is 1. The fraction of sp³-hybridized carbons (Fsp3) is 0.462. The fourth-order valence-corrected chi connectivity index (χ4v) is 2.21. The predicted octanol–water partition coefficient (Wildman–Crippen LogP) is 3.24. The average Bonchev–Trinajstić information content (AvgIpc) is 3.05. The third kappa shape index (κ3) is 2.62. The molecule has 0 saturated heterocycles. The highest BCUT2D eigenvalue weighted by atomic mass is 19.2. The summed E-state index contributed by atoms with van der Waals surface area (Å²) < 4.78 is 26.5. The van der Waals surface area contributed by atoms with Gasteiger partial charge in [0, 0.05) is 0 Å². The van der Waals surface area contributed by atoms with Crippen LogP contribution in [0.1, 0.15) is 36.3 Å². The van der Waals surface area contributed by atoms with Crippen molar-refractivity contribution in [1.82, 2.24) is 0 Å². The van der Waals surface area contributed by atoms with Crippen LogP contribution in [0.4, 0.5) is 8.78 Å². The van der Waals surface area contributed by atoms with E-state index in [9.17, 15) is 13.6 Å². The third-order valence-corrected chi connectivity index (χ3v) is 3.25. The summed E-state index contributed by atoms with van der Waals surface area (Å²) in [5, 5.41) is 8.85. The zero-order valence-electron chi connectivity index (χ0n) is 9.54. The van der Waals surface area contributed by atoms with Crippen LogP contribution in [-0.4, -0.2) is 11.1 Å². The van der Waals surface area contributed by atoms with Crippen LogP contribution in [0.25, 0.3) is 0 Å². The van der Waals surface area contributed by atoms with Gasteiger partial charge in [-0.1, -0.05) is 6.07 Å². The van der Waals surface area contributed by atoms with Gasteiger partial charge in [-0.25, -0.2) is 8.78 Å². The monoisotopic (exact) mass is 240 g/mol. The van der Waals surface area contributed by atoms with Gasteiger partial charge in [-0.2, -0.15) is 0 Å². The van der Waals surface area contributed by atoms with Crippen molar-refractivity contribution < 1.29 is 18.7 Å². The average molecular weight is 240 g/mol. The Morgan fingerprint density at radius 2 is 2.12 bits per heavy atom. The van der Waals surface area contributed by atoms with Crippen molar-refractivity contribution in [1.29, 1.82) is 0 Å². The van der Waals surface area contributed by atoms with Crippen molar-refractivity contribution in [2.75, 3.05) is 0 Å². The Kier molecular flexibility index (Phi) is 3.13. The lowest BCUT2D eigenvalue weighted by Gasteiger charge is -2.15. The Bertz CT molecular complexity index is 430. The van der Waals surface area contributed by atoms with Gasteiger partial charge in [0.15, 0.2) is 11.6 Å². The van der Waals surface area contributed by atoms with Crippen LogP contribution in [0.2, 0.25) is 0 Å². The van der Waals surface area contributed by atoms with Crippen molar-refractivity contribution in [3.63, 3.8) is 0 Å². The van der Waals surface area contributed by atoms with Gasteiger partial charge in [0.1, 0.15) is 0 Å². The lowest BCUT2D eigenvalue weighted by atomic mass is 9.90. The zero-order chi connectivity index (χ0) is 12.6. The van der Waals surface area contributed by atoms with Gasteiger partial charge in [0.05, 0.1) is 6.42 Å². The molecular formula is C13H14F2O2. The normalized spacial score (nSPS) is 16.9. The van der Waals surface area contributed by atoms with Gasteiger partial charge >= 0.3 is 5.97 Å². The summed E-state index contributed by atoms with van der Waals surface area (Å²) in [5.41, 5.74) is 0.835. The second-order valence-corrected chi connectivity index (χ2v) is 4.68. The maximum atomic E-state index is 13.3. The highest BCUT2D eigenvalue weighted by Gasteiger charge is 2.34. The lowest BCUT2D eigenvalue weighted by Crippen LogP contribution is -2.09. The van der Waals surface area contributed by atoms with E-state index in [1.807, 2.05) is 0 Å². The zero-order valence-corrected chi connectivity index (χ0v) is 9.54. The highest BCUT2D eigenvalue weighted by Crippen LogP contribution is 2.44. The number of aliphatic carboxylic acids is 1. The number of carboxylic acid groups (broad SMARTS) is 1. The Labute approximate surface area is 98.3 Å². The molecule has 1 aliphatic rings. The van der Waals surface area contributed by atoms with Gasteiger partial charge in [-0.3, -0.25) is 4.79 Å². The molecule has 1 N–H and O–H groups in total. The summed E-state index contributed by atoms with van der Waals surface area (Å²) in [6.45, 7) is 1.49. The second kappa shape index (κ2) is 4.43. The summed E-state index contributed by atoms with van der Waals surface area (Å²) in [7, 11) is 0. The molecule has 0 aromatic heterocycles. The summed E-state index contributed by atoms with van der Waals surface area (Å²) in [6.07, 6.45) is 1.92. The van der Waals surface area contributed by atoms with E-state index in [0.717, 1.165) is 18.9 Å². The topological polar surface area (TPSA) is 37.3 Å². The van der Waals surface area contributed by atoms with E-state index < -0.39 is 17.6 Å². The molecule has 4 heteroatoms. The van der Waals surface area contributed by atoms with Crippen LogP contribution in [0.15, 0.2) is 12.1 Å². The van der Waals surface area contributed by atoms with Crippen LogP contribution in [0.3, 0.4) is 0 Å². The minimum Gasteiger partial charge on any atom is -0.481 e. The summed E-state index contributed by atoms with van der Waals surface area (Å²) in [5.74, 6) is -2.53. The number of carbonyl (C=O) groups is 1. The lowest BCUT2D eigenvalue weighted by molar-refractivity contribution is -0.137. The molecule has 0 aliphatic heterocycles. The molecule has 0 bridgehead atoms. The first kappa shape index (κ1) is 12.0. The minimum absolute atomic E-state index is 0.0187. The van der Waals surface area contributed by atoms with E-state index in [0.29, 0.717) is 11.5 Å². The quantitative estimate of drug-likeness (QED) is 0.877. The minimum atomic E-state index is -0.899. The largest absolute Gasteiger partial charge is 0.481 e. The summed E-state index contributed by atoms with van der Waals surface area (Å²) in [4.78, 5) is 10.8. The molecule has 0 heterocycles. The van der Waals surface area contributed by atoms with Crippen molar-refractivity contribution in [3.8, 4) is 0 Å². The number of hydrogen-bond acceptors (Lipinski definition) is 1. The van der Waals surface area contributed by atoms with Crippen molar-refractivity contribution in [2.24, 2.45) is 5.92 Å². The Morgan fingerprint density at radius 3 is 2.59 bits per heavy atom. The summed E-state index contributed by atoms with van der Waals surface area (Å²) >= 11 is 0. The third-order valence-electron chi connectivity index (χ3n) is 3.25. The predicted molar refractivity (Wildman–Crippen MR) is 58.8 cm³/mol. The molecule has 1 unspecified atom stereocenters. The Balaban J connectivity index is 2.32. The Morgan fingerprint density at radius 1 is 1.47 bits per heavy atom. The number of halogens is 2. The molecule has 1 aromatic carbocycles.